The van der Waals surface area contributed by atoms with E-state index in [1.54, 1.807) is 4.90 Å². The number of carbonyl (C=O) groups excluding carboxylic acids is 2. The van der Waals surface area contributed by atoms with E-state index in [-0.39, 0.29) is 23.8 Å². The number of nitrogens with zero attached hydrogens (tertiary/aromatic N) is 1. The molecule has 0 saturated carbocycles. The zero-order valence-corrected chi connectivity index (χ0v) is 11.6. The van der Waals surface area contributed by atoms with Crippen LogP contribution in [0.1, 0.15) is 13.3 Å². The van der Waals surface area contributed by atoms with Crippen molar-refractivity contribution >= 4 is 23.6 Å². The van der Waals surface area contributed by atoms with Crippen molar-refractivity contribution in [1.82, 2.24) is 15.5 Å². The molecule has 0 aromatic rings. The molecule has 2 atom stereocenters. The largest absolute Gasteiger partial charge is 0.355 e. The van der Waals surface area contributed by atoms with Crippen LogP contribution in [0.4, 0.5) is 0 Å². The van der Waals surface area contributed by atoms with Crippen LogP contribution in [0.3, 0.4) is 0 Å². The van der Waals surface area contributed by atoms with E-state index in [1.807, 2.05) is 18.7 Å². The van der Waals surface area contributed by atoms with Crippen molar-refractivity contribution in [3.8, 4) is 0 Å². The molecule has 0 spiro atoms. The molecule has 0 bridgehead atoms. The second-order valence-electron chi connectivity index (χ2n) is 4.71. The minimum absolute atomic E-state index is 0.0382. The van der Waals surface area contributed by atoms with Gasteiger partial charge in [0.1, 0.15) is 6.04 Å². The average molecular weight is 271 g/mol. The molecule has 0 aromatic carbocycles. The van der Waals surface area contributed by atoms with Gasteiger partial charge in [0.05, 0.1) is 0 Å². The first-order chi connectivity index (χ1) is 8.74. The van der Waals surface area contributed by atoms with Crippen molar-refractivity contribution in [1.29, 1.82) is 0 Å². The molecule has 2 fully saturated rings. The molecule has 2 unspecified atom stereocenters. The van der Waals surface area contributed by atoms with Crippen molar-refractivity contribution in [3.63, 3.8) is 0 Å². The minimum atomic E-state index is -0.336. The van der Waals surface area contributed by atoms with Gasteiger partial charge in [-0.3, -0.25) is 9.59 Å². The van der Waals surface area contributed by atoms with Crippen molar-refractivity contribution in [2.75, 3.05) is 37.7 Å². The second-order valence-corrected chi connectivity index (χ2v) is 5.86. The number of piperazine rings is 1. The molecule has 102 valence electrons. The summed E-state index contributed by atoms with van der Waals surface area (Å²) < 4.78 is 0. The van der Waals surface area contributed by atoms with E-state index in [9.17, 15) is 9.59 Å². The maximum absolute atomic E-state index is 12.4. The summed E-state index contributed by atoms with van der Waals surface area (Å²) in [5.74, 6) is 2.21. The Labute approximate surface area is 112 Å². The molecule has 2 heterocycles. The van der Waals surface area contributed by atoms with Gasteiger partial charge in [-0.2, -0.15) is 11.8 Å². The Morgan fingerprint density at radius 1 is 1.50 bits per heavy atom. The standard InChI is InChI=1S/C12H21N3O2S/c1-2-14-11(16)10-7-13-4-5-15(10)12(17)9-3-6-18-8-9/h9-10,13H,2-8H2,1H3,(H,14,16). The van der Waals surface area contributed by atoms with Crippen LogP contribution in [0, 0.1) is 5.92 Å². The van der Waals surface area contributed by atoms with E-state index in [1.165, 1.54) is 0 Å². The molecule has 0 radical (unpaired) electrons. The number of nitrogens with one attached hydrogen (secondary N) is 2. The fraction of sp³-hybridized carbons (Fsp3) is 0.833. The molecule has 6 heteroatoms. The smallest absolute Gasteiger partial charge is 0.244 e. The lowest BCUT2D eigenvalue weighted by Gasteiger charge is -2.36. The average Bonchev–Trinajstić information content (AvgIpc) is 2.92. The molecular formula is C12H21N3O2S. The summed E-state index contributed by atoms with van der Waals surface area (Å²) in [5, 5.41) is 6.00. The third kappa shape index (κ3) is 2.98. The summed E-state index contributed by atoms with van der Waals surface area (Å²) in [5.41, 5.74) is 0. The third-order valence-electron chi connectivity index (χ3n) is 3.46. The molecule has 18 heavy (non-hydrogen) atoms. The first-order valence-corrected chi connectivity index (χ1v) is 7.76. The summed E-state index contributed by atoms with van der Waals surface area (Å²) in [6.45, 7) is 4.49. The number of thioether (sulfide) groups is 1. The van der Waals surface area contributed by atoms with Gasteiger partial charge in [-0.15, -0.1) is 0 Å². The van der Waals surface area contributed by atoms with Gasteiger partial charge in [-0.05, 0) is 19.1 Å². The monoisotopic (exact) mass is 271 g/mol. The Morgan fingerprint density at radius 2 is 2.33 bits per heavy atom. The first kappa shape index (κ1) is 13.7. The molecule has 5 nitrogen and oxygen atoms in total. The highest BCUT2D eigenvalue weighted by Crippen LogP contribution is 2.26. The number of likely N-dealkylation sites (N-methyl/N-ethyl adjacent to an activating group) is 1. The number of amides is 2. The molecule has 2 rings (SSSR count). The van der Waals surface area contributed by atoms with Crippen LogP contribution in [0.15, 0.2) is 0 Å². The Hall–Kier alpha value is -0.750. The van der Waals surface area contributed by atoms with E-state index < -0.39 is 0 Å². The van der Waals surface area contributed by atoms with Crippen LogP contribution in [0.5, 0.6) is 0 Å². The summed E-state index contributed by atoms with van der Waals surface area (Å²) in [4.78, 5) is 26.2. The van der Waals surface area contributed by atoms with Gasteiger partial charge in [0, 0.05) is 37.8 Å². The SMILES string of the molecule is CCNC(=O)C1CNCCN1C(=O)C1CCSC1. The van der Waals surface area contributed by atoms with Crippen LogP contribution in [-0.2, 0) is 9.59 Å². The van der Waals surface area contributed by atoms with Crippen LogP contribution in [0.25, 0.3) is 0 Å². The van der Waals surface area contributed by atoms with Crippen LogP contribution < -0.4 is 10.6 Å². The number of hydrogen-bond donors (Lipinski definition) is 2. The highest BCUT2D eigenvalue weighted by Gasteiger charge is 2.36. The van der Waals surface area contributed by atoms with Crippen LogP contribution in [-0.4, -0.2) is 60.4 Å². The van der Waals surface area contributed by atoms with Gasteiger partial charge < -0.3 is 15.5 Å². The fourth-order valence-electron chi connectivity index (χ4n) is 2.46. The highest BCUT2D eigenvalue weighted by molar-refractivity contribution is 7.99. The molecule has 0 aliphatic carbocycles. The lowest BCUT2D eigenvalue weighted by Crippen LogP contribution is -2.60. The zero-order valence-electron chi connectivity index (χ0n) is 10.8. The Kier molecular flexibility index (Phi) is 4.88. The Balaban J connectivity index is 2.02. The topological polar surface area (TPSA) is 61.4 Å². The molecule has 2 aliphatic rings. The van der Waals surface area contributed by atoms with E-state index in [0.717, 1.165) is 24.5 Å². The van der Waals surface area contributed by atoms with Crippen molar-refractivity contribution in [2.24, 2.45) is 5.92 Å². The maximum Gasteiger partial charge on any atom is 0.244 e. The summed E-state index contributed by atoms with van der Waals surface area (Å²) in [6.07, 6.45) is 0.954. The van der Waals surface area contributed by atoms with E-state index in [2.05, 4.69) is 10.6 Å². The minimum Gasteiger partial charge on any atom is -0.355 e. The molecule has 0 aromatic heterocycles. The van der Waals surface area contributed by atoms with Crippen LogP contribution in [0.2, 0.25) is 0 Å². The van der Waals surface area contributed by atoms with E-state index >= 15 is 0 Å². The predicted octanol–water partition coefficient (Wildman–Crippen LogP) is -0.324. The lowest BCUT2D eigenvalue weighted by molar-refractivity contribution is -0.144. The number of hydrogen-bond acceptors (Lipinski definition) is 4. The Bertz CT molecular complexity index is 318. The van der Waals surface area contributed by atoms with Gasteiger partial charge in [0.25, 0.3) is 0 Å². The van der Waals surface area contributed by atoms with E-state index in [4.69, 9.17) is 0 Å². The molecular weight excluding hydrogens is 250 g/mol. The predicted molar refractivity (Wildman–Crippen MR) is 72.5 cm³/mol. The van der Waals surface area contributed by atoms with Gasteiger partial charge in [0.15, 0.2) is 0 Å². The molecule has 2 aliphatic heterocycles. The lowest BCUT2D eigenvalue weighted by atomic mass is 10.0. The van der Waals surface area contributed by atoms with Crippen LogP contribution >= 0.6 is 11.8 Å². The van der Waals surface area contributed by atoms with Crippen molar-refractivity contribution < 1.29 is 9.59 Å². The maximum atomic E-state index is 12.4. The normalized spacial score (nSPS) is 28.2. The third-order valence-corrected chi connectivity index (χ3v) is 4.62. The van der Waals surface area contributed by atoms with Gasteiger partial charge in [0.2, 0.25) is 11.8 Å². The summed E-state index contributed by atoms with van der Waals surface area (Å²) in [7, 11) is 0. The molecule has 2 amide bonds. The highest BCUT2D eigenvalue weighted by atomic mass is 32.2. The fourth-order valence-corrected chi connectivity index (χ4v) is 3.67. The molecule has 2 saturated heterocycles. The van der Waals surface area contributed by atoms with E-state index in [0.29, 0.717) is 19.6 Å². The quantitative estimate of drug-likeness (QED) is 0.738. The van der Waals surface area contributed by atoms with Crippen molar-refractivity contribution in [2.45, 2.75) is 19.4 Å². The second kappa shape index (κ2) is 6.43. The van der Waals surface area contributed by atoms with Gasteiger partial charge >= 0.3 is 0 Å². The Morgan fingerprint density at radius 3 is 3.00 bits per heavy atom. The zero-order chi connectivity index (χ0) is 13.0. The summed E-state index contributed by atoms with van der Waals surface area (Å²) >= 11 is 1.83. The van der Waals surface area contributed by atoms with Gasteiger partial charge in [-0.25, -0.2) is 0 Å². The first-order valence-electron chi connectivity index (χ1n) is 6.60. The molecule has 2 N–H and O–H groups in total. The van der Waals surface area contributed by atoms with Crippen molar-refractivity contribution in [3.05, 3.63) is 0 Å². The summed E-state index contributed by atoms with van der Waals surface area (Å²) in [6, 6.07) is -0.336. The number of rotatable bonds is 3. The number of carbonyl (C=O) groups is 2. The van der Waals surface area contributed by atoms with Gasteiger partial charge in [-0.1, -0.05) is 0 Å².